The SMILES string of the molecule is C[C@H]1NC(=O)[C@@H](Cc2ccc(O)cc2)NC(=O)[C@@H](Cc2c[nH]c3ccccc23)NC(=O)[C@@H](NC(=O)COCCOCCOCCNC(=O)CCCC[C@H]2SC[C@H]3NC(=O)N[C@H]32)Cc2cn(nn2)CCCC[C@@H](C(N)=O)NC(=O)[C@@H](Cc2ccc(O)cc2)NC1=O. The van der Waals surface area contributed by atoms with E-state index in [2.05, 4.69) is 63.1 Å². The fourth-order valence-electron chi connectivity index (χ4n) is 10.7. The van der Waals surface area contributed by atoms with E-state index >= 15 is 0 Å². The first kappa shape index (κ1) is 67.1. The number of urea groups is 1. The van der Waals surface area contributed by atoms with Gasteiger partial charge in [0.25, 0.3) is 0 Å². The van der Waals surface area contributed by atoms with Crippen molar-refractivity contribution in [3.63, 3.8) is 0 Å². The van der Waals surface area contributed by atoms with E-state index in [0.717, 1.165) is 35.9 Å². The summed E-state index contributed by atoms with van der Waals surface area (Å²) >= 11 is 1.85. The monoisotopic (exact) mass is 1260 g/mol. The minimum atomic E-state index is -1.42. The number of carbonyl (C=O) groups is 9. The Labute approximate surface area is 523 Å². The van der Waals surface area contributed by atoms with E-state index in [0.29, 0.717) is 47.7 Å². The lowest BCUT2D eigenvalue weighted by Crippen LogP contribution is -2.60. The molecule has 14 N–H and O–H groups in total. The van der Waals surface area contributed by atoms with Gasteiger partial charge in [0.1, 0.15) is 54.4 Å². The number of aromatic hydroxyl groups is 2. The third kappa shape index (κ3) is 20.6. The van der Waals surface area contributed by atoms with E-state index in [-0.39, 0.29) is 113 Å². The van der Waals surface area contributed by atoms with Crippen molar-refractivity contribution in [3.05, 3.63) is 108 Å². The highest BCUT2D eigenvalue weighted by Gasteiger charge is 2.42. The third-order valence-electron chi connectivity index (χ3n) is 15.6. The predicted molar refractivity (Wildman–Crippen MR) is 329 cm³/mol. The van der Waals surface area contributed by atoms with Crippen molar-refractivity contribution < 1.29 is 67.6 Å². The van der Waals surface area contributed by atoms with Crippen molar-refractivity contribution in [1.82, 2.24) is 67.8 Å². The number of phenols is 2. The number of aryl methyl sites for hydroxylation is 1. The smallest absolute Gasteiger partial charge is 0.315 e. The molecule has 0 saturated carbocycles. The Morgan fingerprint density at radius 2 is 1.33 bits per heavy atom. The highest BCUT2D eigenvalue weighted by atomic mass is 32.2. The molecule has 3 aromatic carbocycles. The van der Waals surface area contributed by atoms with Gasteiger partial charge in [0.2, 0.25) is 47.3 Å². The fourth-order valence-corrected chi connectivity index (χ4v) is 12.3. The molecule has 0 aliphatic carbocycles. The second-order valence-electron chi connectivity index (χ2n) is 22.5. The van der Waals surface area contributed by atoms with Gasteiger partial charge in [-0.2, -0.15) is 11.8 Å². The van der Waals surface area contributed by atoms with Crippen LogP contribution in [0.1, 0.15) is 74.3 Å². The van der Waals surface area contributed by atoms with Crippen LogP contribution in [-0.4, -0.2) is 189 Å². The first-order chi connectivity index (χ1) is 43.4. The quantitative estimate of drug-likeness (QED) is 0.0284. The topological polar surface area (TPSA) is 403 Å². The Bertz CT molecular complexity index is 3260. The number of nitrogens with zero attached hydrogens (tertiary/aromatic N) is 3. The zero-order valence-corrected chi connectivity index (χ0v) is 50.9. The number of hydrogen-bond acceptors (Lipinski definition) is 17. The number of para-hydroxylation sites is 1. The number of aromatic nitrogens is 4. The van der Waals surface area contributed by atoms with Gasteiger partial charge in [0.15, 0.2) is 0 Å². The first-order valence-electron chi connectivity index (χ1n) is 30.2. The number of primary amides is 1. The van der Waals surface area contributed by atoms with Gasteiger partial charge in [0, 0.05) is 79.5 Å². The number of unbranched alkanes of at least 4 members (excludes halogenated alkanes) is 1. The molecule has 0 spiro atoms. The third-order valence-corrected chi connectivity index (χ3v) is 17.1. The van der Waals surface area contributed by atoms with E-state index < -0.39 is 84.2 Å². The molecule has 9 atom stereocenters. The number of ether oxygens (including phenoxy) is 3. The number of hydrogen-bond donors (Lipinski definition) is 13. The number of carbonyl (C=O) groups excluding carboxylic acids is 9. The van der Waals surface area contributed by atoms with Gasteiger partial charge in [0.05, 0.1) is 50.8 Å². The first-order valence-corrected chi connectivity index (χ1v) is 31.3. The number of rotatable bonds is 24. The molecular formula is C61H80N14O14S. The number of benzene rings is 3. The molecule has 5 heterocycles. The average Bonchev–Trinajstić information content (AvgIpc) is 3.58. The number of phenolic OH excluding ortho intramolecular Hbond substituents is 2. The van der Waals surface area contributed by atoms with E-state index in [1.165, 1.54) is 35.9 Å². The average molecular weight is 1270 g/mol. The summed E-state index contributed by atoms with van der Waals surface area (Å²) < 4.78 is 18.3. The largest absolute Gasteiger partial charge is 0.508 e. The van der Waals surface area contributed by atoms with Crippen LogP contribution in [0.3, 0.4) is 0 Å². The van der Waals surface area contributed by atoms with Gasteiger partial charge >= 0.3 is 6.03 Å². The molecule has 29 heteroatoms. The minimum Gasteiger partial charge on any atom is -0.508 e. The summed E-state index contributed by atoms with van der Waals surface area (Å²) in [6.45, 7) is 2.36. The fraction of sp³-hybridized carbons (Fsp3) is 0.492. The molecule has 0 radical (unpaired) electrons. The molecule has 5 aromatic rings. The van der Waals surface area contributed by atoms with Crippen LogP contribution in [0.15, 0.2) is 85.2 Å². The lowest BCUT2D eigenvalue weighted by molar-refractivity contribution is -0.135. The van der Waals surface area contributed by atoms with Gasteiger partial charge in [-0.15, -0.1) is 5.10 Å². The summed E-state index contributed by atoms with van der Waals surface area (Å²) in [6, 6.07) is 11.4. The summed E-state index contributed by atoms with van der Waals surface area (Å²) in [5, 5.41) is 54.7. The maximum Gasteiger partial charge on any atom is 0.315 e. The predicted octanol–water partition coefficient (Wildman–Crippen LogP) is -0.0691. The Hall–Kier alpha value is -8.80. The molecule has 0 unspecified atom stereocenters. The molecule has 2 bridgehead atoms. The Morgan fingerprint density at radius 1 is 0.700 bits per heavy atom. The van der Waals surface area contributed by atoms with Crippen molar-refractivity contribution in [2.75, 3.05) is 51.9 Å². The molecule has 90 heavy (non-hydrogen) atoms. The van der Waals surface area contributed by atoms with Crippen molar-refractivity contribution >= 4 is 76.0 Å². The van der Waals surface area contributed by atoms with E-state index in [9.17, 15) is 53.4 Å². The second-order valence-corrected chi connectivity index (χ2v) is 23.7. The number of thioether (sulfide) groups is 1. The molecule has 3 aliphatic rings. The summed E-state index contributed by atoms with van der Waals surface area (Å²) in [7, 11) is 0. The molecule has 2 aromatic heterocycles. The highest BCUT2D eigenvalue weighted by molar-refractivity contribution is 8.00. The van der Waals surface area contributed by atoms with Crippen LogP contribution in [0.25, 0.3) is 10.9 Å². The molecular weight excluding hydrogens is 1180 g/mol. The number of amides is 10. The molecule has 2 saturated heterocycles. The molecule has 28 nitrogen and oxygen atoms in total. The summed E-state index contributed by atoms with van der Waals surface area (Å²) in [5.74, 6) is -4.77. The maximum atomic E-state index is 14.9. The molecule has 3 aliphatic heterocycles. The van der Waals surface area contributed by atoms with Gasteiger partial charge in [-0.3, -0.25) is 43.0 Å². The maximum absolute atomic E-state index is 14.9. The van der Waals surface area contributed by atoms with Crippen LogP contribution in [0.4, 0.5) is 4.79 Å². The van der Waals surface area contributed by atoms with Gasteiger partial charge in [-0.25, -0.2) is 4.79 Å². The zero-order valence-electron chi connectivity index (χ0n) is 50.0. The van der Waals surface area contributed by atoms with Crippen molar-refractivity contribution in [1.29, 1.82) is 0 Å². The van der Waals surface area contributed by atoms with E-state index in [1.807, 2.05) is 36.0 Å². The standard InChI is InChI=1S/C61H80N14O14S/c1-36-56(81)68-47(29-38-15-19-42(77)20-16-38)58(83)67-45(55(62)80)10-6-7-22-75-33-40(73-74-75)31-49(66-53(79)34-89-27-26-88-25-24-87-23-21-63-52(78)12-5-4-11-51-54-50(35-90-51)71-61(86)72-54)60(85)70-48(30-39-32-64-44-9-3-2-8-43(39)44)59(84)69-46(57(82)65-36)28-37-13-17-41(76)18-14-37/h2-3,8-9,13-20,32-33,36,45-51,54,64,76-77H,4-7,10-12,21-31,34-35H2,1H3,(H2,62,80)(H,63,78)(H,65,82)(H,66,79)(H,67,83)(H,68,81)(H,69,84)(H,70,85)(H2,71,72,86)/t36-,45+,46-,47-,48-,49+,50-,51-,54-/m1/s1. The Morgan fingerprint density at radius 3 is 2.04 bits per heavy atom. The summed E-state index contributed by atoms with van der Waals surface area (Å²) in [5.41, 5.74) is 8.47. The minimum absolute atomic E-state index is 0.00413. The Balaban J connectivity index is 0.912. The second kappa shape index (κ2) is 33.7. The van der Waals surface area contributed by atoms with Gasteiger partial charge in [-0.05, 0) is 86.1 Å². The summed E-state index contributed by atoms with van der Waals surface area (Å²) in [6.07, 6.45) is 6.55. The van der Waals surface area contributed by atoms with Crippen LogP contribution >= 0.6 is 11.8 Å². The number of H-pyrrole nitrogens is 1. The molecule has 8 rings (SSSR count). The van der Waals surface area contributed by atoms with Gasteiger partial charge in [-0.1, -0.05) is 54.1 Å². The molecule has 484 valence electrons. The summed E-state index contributed by atoms with van der Waals surface area (Å²) in [4.78, 5) is 126. The number of nitrogens with two attached hydrogens (primary N) is 1. The van der Waals surface area contributed by atoms with Crippen LogP contribution in [-0.2, 0) is 84.8 Å². The van der Waals surface area contributed by atoms with Crippen molar-refractivity contribution in [2.24, 2.45) is 5.73 Å². The number of fused-ring (bicyclic) bond motifs is 4. The normalized spacial score (nSPS) is 23.0. The number of nitrogens with one attached hydrogen (secondary N) is 10. The molecule has 2 fully saturated rings. The molecule has 10 amide bonds. The van der Waals surface area contributed by atoms with E-state index in [4.69, 9.17) is 19.9 Å². The van der Waals surface area contributed by atoms with Crippen molar-refractivity contribution in [3.8, 4) is 11.5 Å². The van der Waals surface area contributed by atoms with Crippen LogP contribution in [0.2, 0.25) is 0 Å². The van der Waals surface area contributed by atoms with Crippen LogP contribution < -0.4 is 53.6 Å². The van der Waals surface area contributed by atoms with Crippen LogP contribution in [0, 0.1) is 0 Å². The lowest BCUT2D eigenvalue weighted by atomic mass is 10.0. The van der Waals surface area contributed by atoms with Crippen molar-refractivity contribution in [2.45, 2.75) is 138 Å². The zero-order chi connectivity index (χ0) is 63.9. The van der Waals surface area contributed by atoms with E-state index in [1.54, 1.807) is 36.7 Å². The van der Waals surface area contributed by atoms with Crippen LogP contribution in [0.5, 0.6) is 11.5 Å². The highest BCUT2D eigenvalue weighted by Crippen LogP contribution is 2.33. The Kier molecular flexibility index (Phi) is 25.1. The lowest BCUT2D eigenvalue weighted by Gasteiger charge is -2.27. The number of aromatic amines is 1. The van der Waals surface area contributed by atoms with Gasteiger partial charge < -0.3 is 83.0 Å².